The summed E-state index contributed by atoms with van der Waals surface area (Å²) in [6.45, 7) is 3.09. The predicted molar refractivity (Wildman–Crippen MR) is 92.5 cm³/mol. The van der Waals surface area contributed by atoms with Crippen LogP contribution in [0.5, 0.6) is 0 Å². The number of aryl methyl sites for hydroxylation is 1. The Labute approximate surface area is 141 Å². The number of amides is 1. The van der Waals surface area contributed by atoms with Crippen LogP contribution in [0.3, 0.4) is 0 Å². The first kappa shape index (κ1) is 17.6. The summed E-state index contributed by atoms with van der Waals surface area (Å²) in [5, 5.41) is 12.4. The van der Waals surface area contributed by atoms with Crippen molar-refractivity contribution in [2.24, 2.45) is 0 Å². The van der Waals surface area contributed by atoms with Gasteiger partial charge in [-0.05, 0) is 12.0 Å². The van der Waals surface area contributed by atoms with Gasteiger partial charge in [0.05, 0.1) is 19.6 Å². The van der Waals surface area contributed by atoms with E-state index in [0.717, 1.165) is 23.4 Å². The third-order valence-electron chi connectivity index (χ3n) is 3.29. The largest absolute Gasteiger partial charge is 0.376 e. The van der Waals surface area contributed by atoms with Crippen LogP contribution in [0.2, 0.25) is 0 Å². The summed E-state index contributed by atoms with van der Waals surface area (Å²) in [6.07, 6.45) is 4.75. The average Bonchev–Trinajstić information content (AvgIpc) is 3.00. The summed E-state index contributed by atoms with van der Waals surface area (Å²) in [5.41, 5.74) is 1.11. The highest BCUT2D eigenvalue weighted by molar-refractivity contribution is 7.15. The molecular weight excluding hydrogens is 310 g/mol. The van der Waals surface area contributed by atoms with Gasteiger partial charge in [-0.25, -0.2) is 0 Å². The molecule has 1 heterocycles. The summed E-state index contributed by atoms with van der Waals surface area (Å²) in [5.74, 6) is -0.0886. The van der Waals surface area contributed by atoms with Crippen LogP contribution in [0.15, 0.2) is 30.3 Å². The van der Waals surface area contributed by atoms with Crippen molar-refractivity contribution in [3.63, 3.8) is 0 Å². The maximum Gasteiger partial charge on any atom is 0.228 e. The highest BCUT2D eigenvalue weighted by Crippen LogP contribution is 2.17. The molecule has 1 N–H and O–H groups in total. The Kier molecular flexibility index (Phi) is 7.69. The van der Waals surface area contributed by atoms with Crippen molar-refractivity contribution < 1.29 is 9.53 Å². The Morgan fingerprint density at radius 2 is 2.04 bits per heavy atom. The van der Waals surface area contributed by atoms with Crippen molar-refractivity contribution in [2.75, 3.05) is 11.9 Å². The van der Waals surface area contributed by atoms with E-state index in [4.69, 9.17) is 4.74 Å². The lowest BCUT2D eigenvalue weighted by Gasteiger charge is -2.04. The molecule has 6 heteroatoms. The van der Waals surface area contributed by atoms with Gasteiger partial charge in [0.2, 0.25) is 11.0 Å². The average molecular weight is 333 g/mol. The number of carbonyl (C=O) groups excluding carboxylic acids is 1. The molecule has 124 valence electrons. The number of rotatable bonds is 10. The van der Waals surface area contributed by atoms with Crippen molar-refractivity contribution >= 4 is 22.4 Å². The molecule has 5 nitrogen and oxygen atoms in total. The number of nitrogens with one attached hydrogen (secondary N) is 1. The van der Waals surface area contributed by atoms with Crippen LogP contribution >= 0.6 is 11.3 Å². The van der Waals surface area contributed by atoms with Crippen LogP contribution in [0.4, 0.5) is 5.13 Å². The fourth-order valence-corrected chi connectivity index (χ4v) is 2.84. The first-order chi connectivity index (χ1) is 11.3. The molecule has 0 aliphatic carbocycles. The van der Waals surface area contributed by atoms with Crippen molar-refractivity contribution in [1.29, 1.82) is 0 Å². The number of unbranched alkanes of at least 4 members (excludes halogenated alkanes) is 2. The van der Waals surface area contributed by atoms with Gasteiger partial charge < -0.3 is 10.1 Å². The summed E-state index contributed by atoms with van der Waals surface area (Å²) in [6, 6.07) is 9.91. The smallest absolute Gasteiger partial charge is 0.228 e. The number of hydrogen-bond donors (Lipinski definition) is 1. The van der Waals surface area contributed by atoms with E-state index in [2.05, 4.69) is 22.4 Å². The minimum atomic E-state index is -0.0886. The van der Waals surface area contributed by atoms with Gasteiger partial charge in [0.1, 0.15) is 5.01 Å². The first-order valence-corrected chi connectivity index (χ1v) is 8.83. The molecule has 0 spiro atoms. The number of benzene rings is 1. The van der Waals surface area contributed by atoms with Crippen LogP contribution in [0, 0.1) is 0 Å². The normalized spacial score (nSPS) is 10.7. The molecule has 0 saturated carbocycles. The standard InChI is InChI=1S/C17H23N3O2S/c1-2-3-5-10-16-19-20-17(23-16)18-15(21)11-12-22-13-14-8-6-4-7-9-14/h4,6-9H,2-3,5,10-13H2,1H3,(H,18,20,21). The molecule has 23 heavy (non-hydrogen) atoms. The molecule has 0 aliphatic rings. The minimum Gasteiger partial charge on any atom is -0.376 e. The molecule has 2 aromatic rings. The summed E-state index contributed by atoms with van der Waals surface area (Å²) in [7, 11) is 0. The van der Waals surface area contributed by atoms with Crippen molar-refractivity contribution in [2.45, 2.75) is 45.6 Å². The van der Waals surface area contributed by atoms with E-state index in [1.54, 1.807) is 0 Å². The number of anilines is 1. The van der Waals surface area contributed by atoms with Gasteiger partial charge in [0, 0.05) is 6.42 Å². The minimum absolute atomic E-state index is 0.0886. The Morgan fingerprint density at radius 3 is 2.83 bits per heavy atom. The van der Waals surface area contributed by atoms with E-state index in [1.165, 1.54) is 24.2 Å². The lowest BCUT2D eigenvalue weighted by atomic mass is 10.2. The summed E-state index contributed by atoms with van der Waals surface area (Å²) >= 11 is 1.45. The molecule has 1 amide bonds. The zero-order valence-electron chi connectivity index (χ0n) is 13.5. The van der Waals surface area contributed by atoms with E-state index >= 15 is 0 Å². The van der Waals surface area contributed by atoms with E-state index in [-0.39, 0.29) is 5.91 Å². The second kappa shape index (κ2) is 10.1. The maximum absolute atomic E-state index is 11.8. The van der Waals surface area contributed by atoms with Crippen LogP contribution in [-0.4, -0.2) is 22.7 Å². The molecule has 2 rings (SSSR count). The zero-order valence-corrected chi connectivity index (χ0v) is 14.3. The predicted octanol–water partition coefficient (Wildman–Crippen LogP) is 3.82. The Bertz CT molecular complexity index is 587. The number of carbonyl (C=O) groups is 1. The zero-order chi connectivity index (χ0) is 16.3. The van der Waals surface area contributed by atoms with Gasteiger partial charge >= 0.3 is 0 Å². The third-order valence-corrected chi connectivity index (χ3v) is 4.19. The highest BCUT2D eigenvalue weighted by Gasteiger charge is 2.08. The van der Waals surface area contributed by atoms with E-state index in [9.17, 15) is 4.79 Å². The third kappa shape index (κ3) is 6.88. The maximum atomic E-state index is 11.8. The summed E-state index contributed by atoms with van der Waals surface area (Å²) < 4.78 is 5.51. The van der Waals surface area contributed by atoms with Gasteiger partial charge in [-0.3, -0.25) is 4.79 Å². The van der Waals surface area contributed by atoms with Gasteiger partial charge in [-0.1, -0.05) is 61.4 Å². The molecule has 0 radical (unpaired) electrons. The number of nitrogens with zero attached hydrogens (tertiary/aromatic N) is 2. The Hall–Kier alpha value is -1.79. The van der Waals surface area contributed by atoms with Crippen molar-refractivity contribution in [3.05, 3.63) is 40.9 Å². The van der Waals surface area contributed by atoms with E-state index in [0.29, 0.717) is 24.8 Å². The van der Waals surface area contributed by atoms with Crippen LogP contribution in [0.1, 0.15) is 43.2 Å². The molecule has 0 unspecified atom stereocenters. The molecule has 0 fully saturated rings. The monoisotopic (exact) mass is 333 g/mol. The molecule has 0 bridgehead atoms. The van der Waals surface area contributed by atoms with Crippen LogP contribution in [-0.2, 0) is 22.6 Å². The molecule has 1 aromatic carbocycles. The fraction of sp³-hybridized carbons (Fsp3) is 0.471. The lowest BCUT2D eigenvalue weighted by molar-refractivity contribution is -0.117. The molecule has 0 aliphatic heterocycles. The van der Waals surface area contributed by atoms with Crippen LogP contribution in [0.25, 0.3) is 0 Å². The van der Waals surface area contributed by atoms with Crippen molar-refractivity contribution in [1.82, 2.24) is 10.2 Å². The quantitative estimate of drug-likeness (QED) is 0.671. The molecule has 0 saturated heterocycles. The lowest BCUT2D eigenvalue weighted by Crippen LogP contribution is -2.14. The topological polar surface area (TPSA) is 64.1 Å². The highest BCUT2D eigenvalue weighted by atomic mass is 32.1. The second-order valence-corrected chi connectivity index (χ2v) is 6.36. The van der Waals surface area contributed by atoms with Gasteiger partial charge in [0.25, 0.3) is 0 Å². The molecule has 0 atom stereocenters. The van der Waals surface area contributed by atoms with Gasteiger partial charge in [0.15, 0.2) is 0 Å². The fourth-order valence-electron chi connectivity index (χ4n) is 2.04. The van der Waals surface area contributed by atoms with E-state index in [1.807, 2.05) is 30.3 Å². The molecular formula is C17H23N3O2S. The van der Waals surface area contributed by atoms with Crippen LogP contribution < -0.4 is 5.32 Å². The SMILES string of the molecule is CCCCCc1nnc(NC(=O)CCOCc2ccccc2)s1. The number of hydrogen-bond acceptors (Lipinski definition) is 5. The molecule has 1 aromatic heterocycles. The van der Waals surface area contributed by atoms with Gasteiger partial charge in [-0.2, -0.15) is 0 Å². The second-order valence-electron chi connectivity index (χ2n) is 5.29. The Morgan fingerprint density at radius 1 is 1.22 bits per heavy atom. The number of aromatic nitrogens is 2. The Balaban J connectivity index is 1.62. The first-order valence-electron chi connectivity index (χ1n) is 8.02. The van der Waals surface area contributed by atoms with E-state index < -0.39 is 0 Å². The summed E-state index contributed by atoms with van der Waals surface area (Å²) in [4.78, 5) is 11.8. The van der Waals surface area contributed by atoms with Gasteiger partial charge in [-0.15, -0.1) is 10.2 Å². The van der Waals surface area contributed by atoms with Crippen molar-refractivity contribution in [3.8, 4) is 0 Å². The number of ether oxygens (including phenoxy) is 1.